The molecule has 4 aliphatic rings. The maximum atomic E-state index is 6.13. The molecule has 9 heteroatoms. The van der Waals surface area contributed by atoms with Crippen LogP contribution in [-0.4, -0.2) is 62.9 Å². The van der Waals surface area contributed by atoms with E-state index in [9.17, 15) is 0 Å². The van der Waals surface area contributed by atoms with Gasteiger partial charge < -0.3 is 25.8 Å². The van der Waals surface area contributed by atoms with Crippen molar-refractivity contribution in [2.75, 3.05) is 37.0 Å². The molecule has 0 amide bonds. The van der Waals surface area contributed by atoms with Gasteiger partial charge >= 0.3 is 0 Å². The highest BCUT2D eigenvalue weighted by Crippen LogP contribution is 2.34. The summed E-state index contributed by atoms with van der Waals surface area (Å²) >= 11 is 0. The van der Waals surface area contributed by atoms with Crippen LogP contribution in [0.5, 0.6) is 0 Å². The van der Waals surface area contributed by atoms with Crippen molar-refractivity contribution in [1.29, 1.82) is 0 Å². The summed E-state index contributed by atoms with van der Waals surface area (Å²) in [5.74, 6) is 3.13. The van der Waals surface area contributed by atoms with Crippen molar-refractivity contribution < 1.29 is 4.74 Å². The van der Waals surface area contributed by atoms with Gasteiger partial charge in [0, 0.05) is 44.4 Å². The Balaban J connectivity index is 1.18. The zero-order valence-electron chi connectivity index (χ0n) is 21.0. The van der Waals surface area contributed by atoms with Crippen molar-refractivity contribution in [1.82, 2.24) is 24.5 Å². The molecule has 1 atom stereocenters. The number of nitrogens with two attached hydrogens (primary N) is 1. The minimum absolute atomic E-state index is 0.335. The van der Waals surface area contributed by atoms with E-state index in [4.69, 9.17) is 25.4 Å². The summed E-state index contributed by atoms with van der Waals surface area (Å²) in [6.45, 7) is 3.99. The number of hydrogen-bond donors (Lipinski definition) is 3. The van der Waals surface area contributed by atoms with Gasteiger partial charge in [0.1, 0.15) is 0 Å². The molecular weight excluding hydrogens is 440 g/mol. The third-order valence-corrected chi connectivity index (χ3v) is 8.81. The number of rotatable bonds is 7. The standard InChI is InChI=1S/C26H42N8O/c27-20-5-7-21(8-6-20)29-26-30-24(23-25(31-26)34(17-28-23)22-3-1-2-4-22)32-33-12-9-18(10-13-33)15-19-11-14-35-16-19/h17-22H,1-16,27H2,(H2,29,30,31,32)/t19?,20-,21-. The first-order valence-corrected chi connectivity index (χ1v) is 14.1. The van der Waals surface area contributed by atoms with Gasteiger partial charge in [0.05, 0.1) is 6.33 Å². The van der Waals surface area contributed by atoms with Gasteiger partial charge in [-0.25, -0.2) is 9.99 Å². The van der Waals surface area contributed by atoms with Crippen molar-refractivity contribution in [3.05, 3.63) is 6.33 Å². The molecule has 2 aromatic heterocycles. The van der Waals surface area contributed by atoms with Crippen LogP contribution < -0.4 is 16.5 Å². The molecule has 2 aliphatic heterocycles. The summed E-state index contributed by atoms with van der Waals surface area (Å²) in [4.78, 5) is 14.7. The number of ether oxygens (including phenoxy) is 1. The van der Waals surface area contributed by atoms with E-state index in [1.54, 1.807) is 0 Å². The first kappa shape index (κ1) is 23.4. The van der Waals surface area contributed by atoms with Crippen LogP contribution in [0, 0.1) is 11.8 Å². The molecule has 0 radical (unpaired) electrons. The molecule has 6 rings (SSSR count). The van der Waals surface area contributed by atoms with Crippen LogP contribution in [0.25, 0.3) is 11.2 Å². The number of hydrogen-bond acceptors (Lipinski definition) is 8. The Labute approximate surface area is 208 Å². The van der Waals surface area contributed by atoms with E-state index in [1.807, 2.05) is 6.33 Å². The number of hydrazine groups is 1. The number of nitrogens with one attached hydrogen (secondary N) is 2. The topological polar surface area (TPSA) is 106 Å². The second kappa shape index (κ2) is 10.6. The van der Waals surface area contributed by atoms with E-state index in [0.717, 1.165) is 86.8 Å². The minimum atomic E-state index is 0.335. The van der Waals surface area contributed by atoms with Gasteiger partial charge in [0.25, 0.3) is 0 Å². The first-order chi connectivity index (χ1) is 17.2. The highest BCUT2D eigenvalue weighted by Gasteiger charge is 2.27. The lowest BCUT2D eigenvalue weighted by atomic mass is 9.87. The molecule has 4 fully saturated rings. The van der Waals surface area contributed by atoms with Crippen molar-refractivity contribution in [2.45, 2.75) is 95.2 Å². The molecule has 2 saturated heterocycles. The number of fused-ring (bicyclic) bond motifs is 1. The SMILES string of the molecule is N[C@H]1CC[C@H](Nc2nc(NN3CCC(CC4CCOC4)CC3)c3ncn(C4CCCC4)c3n2)CC1. The molecule has 0 aromatic carbocycles. The van der Waals surface area contributed by atoms with Crippen LogP contribution in [0.1, 0.15) is 83.1 Å². The van der Waals surface area contributed by atoms with Crippen LogP contribution in [-0.2, 0) is 4.74 Å². The molecular formula is C26H42N8O. The third kappa shape index (κ3) is 5.42. The van der Waals surface area contributed by atoms with E-state index in [-0.39, 0.29) is 0 Å². The molecule has 0 spiro atoms. The molecule has 0 bridgehead atoms. The fourth-order valence-corrected chi connectivity index (χ4v) is 6.63. The van der Waals surface area contributed by atoms with Gasteiger partial charge in [-0.3, -0.25) is 0 Å². The normalized spacial score (nSPS) is 29.2. The largest absolute Gasteiger partial charge is 0.381 e. The quantitative estimate of drug-likeness (QED) is 0.542. The van der Waals surface area contributed by atoms with Crippen LogP contribution in [0.4, 0.5) is 11.8 Å². The Hall–Kier alpha value is -1.97. The summed E-state index contributed by atoms with van der Waals surface area (Å²) in [5, 5.41) is 5.97. The average molecular weight is 483 g/mol. The zero-order chi connectivity index (χ0) is 23.6. The maximum Gasteiger partial charge on any atom is 0.227 e. The van der Waals surface area contributed by atoms with Crippen molar-refractivity contribution in [3.63, 3.8) is 0 Å². The molecule has 2 aliphatic carbocycles. The van der Waals surface area contributed by atoms with Gasteiger partial charge in [0.2, 0.25) is 5.95 Å². The molecule has 2 aromatic rings. The smallest absolute Gasteiger partial charge is 0.227 e. The van der Waals surface area contributed by atoms with Crippen LogP contribution in [0.15, 0.2) is 6.33 Å². The second-order valence-electron chi connectivity index (χ2n) is 11.4. The monoisotopic (exact) mass is 482 g/mol. The lowest BCUT2D eigenvalue weighted by molar-refractivity contribution is 0.163. The molecule has 35 heavy (non-hydrogen) atoms. The number of anilines is 2. The molecule has 192 valence electrons. The number of nitrogens with zero attached hydrogens (tertiary/aromatic N) is 5. The van der Waals surface area contributed by atoms with Gasteiger partial charge in [-0.05, 0) is 76.0 Å². The predicted octanol–water partition coefficient (Wildman–Crippen LogP) is 4.09. The van der Waals surface area contributed by atoms with E-state index in [0.29, 0.717) is 18.1 Å². The van der Waals surface area contributed by atoms with E-state index in [1.165, 1.54) is 51.4 Å². The van der Waals surface area contributed by atoms with Crippen LogP contribution >= 0.6 is 0 Å². The highest BCUT2D eigenvalue weighted by atomic mass is 16.5. The van der Waals surface area contributed by atoms with Gasteiger partial charge in [-0.1, -0.05) is 12.8 Å². The first-order valence-electron chi connectivity index (χ1n) is 14.1. The lowest BCUT2D eigenvalue weighted by Gasteiger charge is -2.33. The fraction of sp³-hybridized carbons (Fsp3) is 0.808. The highest BCUT2D eigenvalue weighted by molar-refractivity contribution is 5.84. The van der Waals surface area contributed by atoms with Gasteiger partial charge in [0.15, 0.2) is 17.0 Å². The Bertz CT molecular complexity index is 967. The summed E-state index contributed by atoms with van der Waals surface area (Å²) in [7, 11) is 0. The number of piperidine rings is 1. The molecule has 9 nitrogen and oxygen atoms in total. The molecule has 2 saturated carbocycles. The van der Waals surface area contributed by atoms with Crippen molar-refractivity contribution in [3.8, 4) is 0 Å². The van der Waals surface area contributed by atoms with Crippen LogP contribution in [0.3, 0.4) is 0 Å². The zero-order valence-corrected chi connectivity index (χ0v) is 21.0. The Kier molecular flexibility index (Phi) is 7.07. The van der Waals surface area contributed by atoms with Crippen molar-refractivity contribution in [2.24, 2.45) is 17.6 Å². The molecule has 1 unspecified atom stereocenters. The van der Waals surface area contributed by atoms with Crippen LogP contribution in [0.2, 0.25) is 0 Å². The molecule has 4 N–H and O–H groups in total. The van der Waals surface area contributed by atoms with E-state index < -0.39 is 0 Å². The Morgan fingerprint density at radius 1 is 0.943 bits per heavy atom. The molecule has 4 heterocycles. The predicted molar refractivity (Wildman–Crippen MR) is 138 cm³/mol. The minimum Gasteiger partial charge on any atom is -0.381 e. The average Bonchev–Trinajstić information content (AvgIpc) is 3.64. The van der Waals surface area contributed by atoms with E-state index in [2.05, 4.69) is 20.3 Å². The lowest BCUT2D eigenvalue weighted by Crippen LogP contribution is -2.39. The fourth-order valence-electron chi connectivity index (χ4n) is 6.63. The third-order valence-electron chi connectivity index (χ3n) is 8.81. The number of imidazole rings is 1. The van der Waals surface area contributed by atoms with Crippen molar-refractivity contribution >= 4 is 22.9 Å². The summed E-state index contributed by atoms with van der Waals surface area (Å²) in [5.41, 5.74) is 11.6. The Morgan fingerprint density at radius 3 is 2.49 bits per heavy atom. The summed E-state index contributed by atoms with van der Waals surface area (Å²) in [6, 6.07) is 1.22. The maximum absolute atomic E-state index is 6.13. The number of aromatic nitrogens is 4. The van der Waals surface area contributed by atoms with Gasteiger partial charge in [-0.2, -0.15) is 9.97 Å². The Morgan fingerprint density at radius 2 is 1.74 bits per heavy atom. The van der Waals surface area contributed by atoms with Gasteiger partial charge in [-0.15, -0.1) is 0 Å². The van der Waals surface area contributed by atoms with E-state index >= 15 is 0 Å². The summed E-state index contributed by atoms with van der Waals surface area (Å²) < 4.78 is 7.89. The second-order valence-corrected chi connectivity index (χ2v) is 11.4. The summed E-state index contributed by atoms with van der Waals surface area (Å²) in [6.07, 6.45) is 16.3.